The van der Waals surface area contributed by atoms with Gasteiger partial charge in [-0.15, -0.1) is 0 Å². The fourth-order valence-corrected chi connectivity index (χ4v) is 2.28. The molecule has 0 aliphatic carbocycles. The molecule has 0 aromatic heterocycles. The van der Waals surface area contributed by atoms with Crippen molar-refractivity contribution in [2.45, 2.75) is 6.61 Å². The molecule has 22 heavy (non-hydrogen) atoms. The Morgan fingerprint density at radius 1 is 1.00 bits per heavy atom. The molecule has 0 fully saturated rings. The molecule has 0 saturated heterocycles. The van der Waals surface area contributed by atoms with E-state index in [9.17, 15) is 9.59 Å². The van der Waals surface area contributed by atoms with Crippen LogP contribution in [0.1, 0.15) is 26.3 Å². The first kappa shape index (κ1) is 16.2. The van der Waals surface area contributed by atoms with E-state index in [1.54, 1.807) is 55.6 Å². The van der Waals surface area contributed by atoms with Crippen LogP contribution in [0, 0.1) is 0 Å². The molecule has 0 radical (unpaired) electrons. The van der Waals surface area contributed by atoms with Crippen LogP contribution in [0.25, 0.3) is 0 Å². The van der Waals surface area contributed by atoms with Gasteiger partial charge in [0.05, 0.1) is 12.2 Å². The quantitative estimate of drug-likeness (QED) is 0.821. The number of methoxy groups -OCH3 is 1. The third kappa shape index (κ3) is 4.16. The third-order valence-electron chi connectivity index (χ3n) is 2.94. The van der Waals surface area contributed by atoms with Crippen molar-refractivity contribution in [3.8, 4) is 0 Å². The van der Waals surface area contributed by atoms with Gasteiger partial charge in [0.1, 0.15) is 0 Å². The number of benzene rings is 2. The molecular weight excluding hydrogens is 348 g/mol. The number of rotatable bonds is 4. The minimum Gasteiger partial charge on any atom is -0.380 e. The molecule has 0 heterocycles. The monoisotopic (exact) mass is 362 g/mol. The van der Waals surface area contributed by atoms with Crippen molar-refractivity contribution in [3.05, 3.63) is 69.7 Å². The van der Waals surface area contributed by atoms with E-state index < -0.39 is 5.91 Å². The van der Waals surface area contributed by atoms with Gasteiger partial charge in [-0.05, 0) is 45.8 Å². The molecular formula is C16H15BrN2O3. The summed E-state index contributed by atoms with van der Waals surface area (Å²) in [5.41, 5.74) is 6.63. The second-order valence-electron chi connectivity index (χ2n) is 4.52. The van der Waals surface area contributed by atoms with Crippen LogP contribution in [0.2, 0.25) is 0 Å². The van der Waals surface area contributed by atoms with Gasteiger partial charge in [-0.3, -0.25) is 20.4 Å². The number of halogens is 1. The maximum atomic E-state index is 12.0. The summed E-state index contributed by atoms with van der Waals surface area (Å²) in [6.07, 6.45) is 0. The number of carbonyl (C=O) groups excluding carboxylic acids is 2. The van der Waals surface area contributed by atoms with E-state index in [0.717, 1.165) is 5.56 Å². The molecule has 5 nitrogen and oxygen atoms in total. The van der Waals surface area contributed by atoms with Gasteiger partial charge >= 0.3 is 0 Å². The summed E-state index contributed by atoms with van der Waals surface area (Å²) in [5.74, 6) is -0.777. The smallest absolute Gasteiger partial charge is 0.270 e. The minimum atomic E-state index is -0.392. The summed E-state index contributed by atoms with van der Waals surface area (Å²) in [6, 6.07) is 13.9. The Labute approximate surface area is 136 Å². The summed E-state index contributed by atoms with van der Waals surface area (Å²) in [6.45, 7) is 0.487. The Balaban J connectivity index is 1.95. The van der Waals surface area contributed by atoms with Crippen LogP contribution >= 0.6 is 15.9 Å². The largest absolute Gasteiger partial charge is 0.380 e. The highest BCUT2D eigenvalue weighted by atomic mass is 79.9. The number of hydrogen-bond acceptors (Lipinski definition) is 3. The molecule has 0 atom stereocenters. The highest BCUT2D eigenvalue weighted by molar-refractivity contribution is 9.10. The summed E-state index contributed by atoms with van der Waals surface area (Å²) < 4.78 is 5.66. The SMILES string of the molecule is COCc1ccc(C(=O)NNC(=O)c2ccccc2Br)cc1. The number of amides is 2. The lowest BCUT2D eigenvalue weighted by Crippen LogP contribution is -2.41. The second-order valence-corrected chi connectivity index (χ2v) is 5.37. The molecule has 2 aromatic carbocycles. The van der Waals surface area contributed by atoms with E-state index >= 15 is 0 Å². The van der Waals surface area contributed by atoms with Crippen molar-refractivity contribution in [1.82, 2.24) is 10.9 Å². The van der Waals surface area contributed by atoms with Gasteiger partial charge in [-0.1, -0.05) is 24.3 Å². The Hall–Kier alpha value is -2.18. The van der Waals surface area contributed by atoms with Crippen molar-refractivity contribution in [2.75, 3.05) is 7.11 Å². The molecule has 2 N–H and O–H groups in total. The molecule has 0 unspecified atom stereocenters. The summed E-state index contributed by atoms with van der Waals surface area (Å²) in [4.78, 5) is 23.9. The lowest BCUT2D eigenvalue weighted by atomic mass is 10.1. The summed E-state index contributed by atoms with van der Waals surface area (Å²) in [5, 5.41) is 0. The molecule has 2 amide bonds. The molecule has 6 heteroatoms. The van der Waals surface area contributed by atoms with Gasteiger partial charge in [0.2, 0.25) is 0 Å². The first-order valence-corrected chi connectivity index (χ1v) is 7.34. The lowest BCUT2D eigenvalue weighted by Gasteiger charge is -2.09. The van der Waals surface area contributed by atoms with Crippen LogP contribution in [0.4, 0.5) is 0 Å². The van der Waals surface area contributed by atoms with Crippen LogP contribution in [0.5, 0.6) is 0 Å². The second kappa shape index (κ2) is 7.72. The zero-order chi connectivity index (χ0) is 15.9. The topological polar surface area (TPSA) is 67.4 Å². The highest BCUT2D eigenvalue weighted by Gasteiger charge is 2.11. The standard InChI is InChI=1S/C16H15BrN2O3/c1-22-10-11-6-8-12(9-7-11)15(20)18-19-16(21)13-4-2-3-5-14(13)17/h2-9H,10H2,1H3,(H,18,20)(H,19,21). The molecule has 2 aromatic rings. The number of hydrogen-bond donors (Lipinski definition) is 2. The van der Waals surface area contributed by atoms with Gasteiger partial charge in [0.25, 0.3) is 11.8 Å². The lowest BCUT2D eigenvalue weighted by molar-refractivity contribution is 0.0846. The predicted molar refractivity (Wildman–Crippen MR) is 86.2 cm³/mol. The zero-order valence-electron chi connectivity index (χ0n) is 11.9. The first-order chi connectivity index (χ1) is 10.6. The maximum absolute atomic E-state index is 12.0. The molecule has 114 valence electrons. The predicted octanol–water partition coefficient (Wildman–Crippen LogP) is 2.67. The Kier molecular flexibility index (Phi) is 5.68. The Morgan fingerprint density at radius 3 is 2.27 bits per heavy atom. The van der Waals surface area contributed by atoms with Gasteiger partial charge in [0.15, 0.2) is 0 Å². The van der Waals surface area contributed by atoms with Crippen LogP contribution in [-0.2, 0) is 11.3 Å². The van der Waals surface area contributed by atoms with E-state index in [2.05, 4.69) is 26.8 Å². The van der Waals surface area contributed by atoms with Crippen LogP contribution in [0.15, 0.2) is 53.0 Å². The Morgan fingerprint density at radius 2 is 1.64 bits per heavy atom. The minimum absolute atomic E-state index is 0.385. The maximum Gasteiger partial charge on any atom is 0.270 e. The molecule has 0 aliphatic rings. The van der Waals surface area contributed by atoms with Gasteiger partial charge < -0.3 is 4.74 Å². The van der Waals surface area contributed by atoms with E-state index in [1.165, 1.54) is 0 Å². The van der Waals surface area contributed by atoms with Gasteiger partial charge in [-0.25, -0.2) is 0 Å². The highest BCUT2D eigenvalue weighted by Crippen LogP contribution is 2.15. The van der Waals surface area contributed by atoms with Gasteiger partial charge in [0, 0.05) is 17.1 Å². The van der Waals surface area contributed by atoms with E-state index in [-0.39, 0.29) is 5.91 Å². The number of hydrazine groups is 1. The molecule has 0 saturated carbocycles. The van der Waals surface area contributed by atoms with Crippen LogP contribution in [0.3, 0.4) is 0 Å². The molecule has 0 aliphatic heterocycles. The average molecular weight is 363 g/mol. The van der Waals surface area contributed by atoms with Crippen molar-refractivity contribution < 1.29 is 14.3 Å². The zero-order valence-corrected chi connectivity index (χ0v) is 13.5. The van der Waals surface area contributed by atoms with Crippen molar-refractivity contribution in [3.63, 3.8) is 0 Å². The molecule has 0 bridgehead atoms. The number of carbonyl (C=O) groups is 2. The molecule has 0 spiro atoms. The van der Waals surface area contributed by atoms with E-state index in [0.29, 0.717) is 22.2 Å². The molecule has 2 rings (SSSR count). The first-order valence-electron chi connectivity index (χ1n) is 6.55. The van der Waals surface area contributed by atoms with E-state index in [4.69, 9.17) is 4.74 Å². The number of nitrogens with one attached hydrogen (secondary N) is 2. The summed E-state index contributed by atoms with van der Waals surface area (Å²) in [7, 11) is 1.61. The summed E-state index contributed by atoms with van der Waals surface area (Å²) >= 11 is 3.29. The van der Waals surface area contributed by atoms with Crippen LogP contribution < -0.4 is 10.9 Å². The third-order valence-corrected chi connectivity index (χ3v) is 3.63. The average Bonchev–Trinajstić information content (AvgIpc) is 2.54. The van der Waals surface area contributed by atoms with Gasteiger partial charge in [-0.2, -0.15) is 0 Å². The van der Waals surface area contributed by atoms with Crippen molar-refractivity contribution >= 4 is 27.7 Å². The normalized spacial score (nSPS) is 10.1. The van der Waals surface area contributed by atoms with Crippen molar-refractivity contribution in [1.29, 1.82) is 0 Å². The van der Waals surface area contributed by atoms with Crippen LogP contribution in [-0.4, -0.2) is 18.9 Å². The van der Waals surface area contributed by atoms with E-state index in [1.807, 2.05) is 0 Å². The Bertz CT molecular complexity index is 671. The number of ether oxygens (including phenoxy) is 1. The fraction of sp³-hybridized carbons (Fsp3) is 0.125. The fourth-order valence-electron chi connectivity index (χ4n) is 1.82. The van der Waals surface area contributed by atoms with Crippen molar-refractivity contribution in [2.24, 2.45) is 0 Å².